The SMILES string of the molecule is CC(C)c1nc(CNC2(C)C=C3CCCC(C3)C2)no1. The molecule has 0 saturated heterocycles. The van der Waals surface area contributed by atoms with E-state index in [4.69, 9.17) is 4.52 Å². The van der Waals surface area contributed by atoms with Gasteiger partial charge < -0.3 is 9.84 Å². The minimum atomic E-state index is 0.0945. The third-order valence-electron chi connectivity index (χ3n) is 4.52. The van der Waals surface area contributed by atoms with Gasteiger partial charge in [0.2, 0.25) is 5.89 Å². The van der Waals surface area contributed by atoms with E-state index >= 15 is 0 Å². The monoisotopic (exact) mass is 275 g/mol. The fourth-order valence-electron chi connectivity index (χ4n) is 3.59. The van der Waals surface area contributed by atoms with Crippen molar-refractivity contribution in [3.05, 3.63) is 23.4 Å². The second-order valence-electron chi connectivity index (χ2n) is 6.94. The molecule has 4 nitrogen and oxygen atoms in total. The lowest BCUT2D eigenvalue weighted by Gasteiger charge is -2.40. The van der Waals surface area contributed by atoms with Gasteiger partial charge in [-0.05, 0) is 44.9 Å². The molecule has 0 amide bonds. The molecular formula is C16H25N3O. The molecule has 3 rings (SSSR count). The number of allylic oxidation sites excluding steroid dienone is 1. The van der Waals surface area contributed by atoms with Crippen molar-refractivity contribution in [3.63, 3.8) is 0 Å². The first-order chi connectivity index (χ1) is 9.54. The first-order valence-electron chi connectivity index (χ1n) is 7.82. The van der Waals surface area contributed by atoms with E-state index in [9.17, 15) is 0 Å². The van der Waals surface area contributed by atoms with Crippen LogP contribution in [0.25, 0.3) is 0 Å². The number of nitrogens with one attached hydrogen (secondary N) is 1. The maximum Gasteiger partial charge on any atom is 0.229 e. The van der Waals surface area contributed by atoms with Gasteiger partial charge in [0.05, 0.1) is 6.54 Å². The fraction of sp³-hybridized carbons (Fsp3) is 0.750. The number of hydrogen-bond acceptors (Lipinski definition) is 4. The number of nitrogens with zero attached hydrogens (tertiary/aromatic N) is 2. The standard InChI is InChI=1S/C16H25N3O/c1-11(2)15-18-14(19-20-15)10-17-16(3)8-12-5-4-6-13(7-12)9-16/h8,11,13,17H,4-7,9-10H2,1-3H3. The van der Waals surface area contributed by atoms with E-state index in [1.165, 1.54) is 32.1 Å². The van der Waals surface area contributed by atoms with E-state index in [0.717, 1.165) is 17.6 Å². The molecule has 1 aromatic heterocycles. The van der Waals surface area contributed by atoms with E-state index < -0.39 is 0 Å². The average molecular weight is 275 g/mol. The molecule has 4 heteroatoms. The van der Waals surface area contributed by atoms with E-state index in [-0.39, 0.29) is 5.54 Å². The van der Waals surface area contributed by atoms with Gasteiger partial charge >= 0.3 is 0 Å². The Balaban J connectivity index is 1.65. The van der Waals surface area contributed by atoms with Crippen molar-refractivity contribution >= 4 is 0 Å². The Morgan fingerprint density at radius 1 is 1.50 bits per heavy atom. The zero-order valence-corrected chi connectivity index (χ0v) is 12.8. The molecule has 0 spiro atoms. The van der Waals surface area contributed by atoms with Crippen LogP contribution in [0.1, 0.15) is 70.5 Å². The molecule has 1 N–H and O–H groups in total. The molecule has 1 aromatic rings. The van der Waals surface area contributed by atoms with Gasteiger partial charge in [0, 0.05) is 11.5 Å². The van der Waals surface area contributed by atoms with Gasteiger partial charge in [0.15, 0.2) is 5.82 Å². The molecule has 0 aromatic carbocycles. The highest BCUT2D eigenvalue weighted by atomic mass is 16.5. The predicted octanol–water partition coefficient (Wildman–Crippen LogP) is 3.56. The van der Waals surface area contributed by atoms with Crippen LogP contribution in [0.3, 0.4) is 0 Å². The van der Waals surface area contributed by atoms with Crippen LogP contribution in [0, 0.1) is 5.92 Å². The highest BCUT2D eigenvalue weighted by Crippen LogP contribution is 2.40. The molecule has 2 unspecified atom stereocenters. The van der Waals surface area contributed by atoms with Crippen LogP contribution in [0.2, 0.25) is 0 Å². The third-order valence-corrected chi connectivity index (χ3v) is 4.52. The molecule has 110 valence electrons. The Kier molecular flexibility index (Phi) is 3.67. The molecule has 20 heavy (non-hydrogen) atoms. The summed E-state index contributed by atoms with van der Waals surface area (Å²) >= 11 is 0. The zero-order chi connectivity index (χ0) is 14.2. The van der Waals surface area contributed by atoms with Crippen LogP contribution >= 0.6 is 0 Å². The highest BCUT2D eigenvalue weighted by Gasteiger charge is 2.33. The van der Waals surface area contributed by atoms with Crippen LogP contribution in [-0.2, 0) is 6.54 Å². The Labute approximate surface area is 121 Å². The summed E-state index contributed by atoms with van der Waals surface area (Å²) < 4.78 is 5.26. The first kappa shape index (κ1) is 13.8. The number of rotatable bonds is 4. The van der Waals surface area contributed by atoms with Crippen molar-refractivity contribution < 1.29 is 4.52 Å². The summed E-state index contributed by atoms with van der Waals surface area (Å²) in [6.45, 7) is 7.12. The van der Waals surface area contributed by atoms with Gasteiger partial charge in [0.25, 0.3) is 0 Å². The van der Waals surface area contributed by atoms with Crippen molar-refractivity contribution in [2.24, 2.45) is 5.92 Å². The number of hydrogen-bond donors (Lipinski definition) is 1. The summed E-state index contributed by atoms with van der Waals surface area (Å²) in [4.78, 5) is 4.44. The predicted molar refractivity (Wildman–Crippen MR) is 78.3 cm³/mol. The minimum Gasteiger partial charge on any atom is -0.339 e. The van der Waals surface area contributed by atoms with E-state index in [2.05, 4.69) is 42.3 Å². The quantitative estimate of drug-likeness (QED) is 0.854. The van der Waals surface area contributed by atoms with Gasteiger partial charge in [-0.1, -0.05) is 30.7 Å². The van der Waals surface area contributed by atoms with Crippen molar-refractivity contribution in [3.8, 4) is 0 Å². The van der Waals surface area contributed by atoms with Crippen LogP contribution in [0.4, 0.5) is 0 Å². The Hall–Kier alpha value is -1.16. The van der Waals surface area contributed by atoms with Crippen LogP contribution in [-0.4, -0.2) is 15.7 Å². The normalized spacial score (nSPS) is 29.6. The fourth-order valence-corrected chi connectivity index (χ4v) is 3.59. The highest BCUT2D eigenvalue weighted by molar-refractivity contribution is 5.20. The maximum absolute atomic E-state index is 5.26. The average Bonchev–Trinajstić information content (AvgIpc) is 2.85. The van der Waals surface area contributed by atoms with Gasteiger partial charge in [-0.2, -0.15) is 4.98 Å². The Morgan fingerprint density at radius 3 is 3.05 bits per heavy atom. The van der Waals surface area contributed by atoms with Crippen molar-refractivity contribution in [1.82, 2.24) is 15.5 Å². The first-order valence-corrected chi connectivity index (χ1v) is 7.82. The second kappa shape index (κ2) is 5.32. The largest absolute Gasteiger partial charge is 0.339 e. The summed E-state index contributed by atoms with van der Waals surface area (Å²) in [7, 11) is 0. The third kappa shape index (κ3) is 2.95. The lowest BCUT2D eigenvalue weighted by atomic mass is 9.71. The zero-order valence-electron chi connectivity index (χ0n) is 12.8. The lowest BCUT2D eigenvalue weighted by molar-refractivity contribution is 0.263. The van der Waals surface area contributed by atoms with Gasteiger partial charge in [-0.3, -0.25) is 0 Å². The van der Waals surface area contributed by atoms with Crippen molar-refractivity contribution in [1.29, 1.82) is 0 Å². The minimum absolute atomic E-state index is 0.0945. The smallest absolute Gasteiger partial charge is 0.229 e. The molecular weight excluding hydrogens is 250 g/mol. The van der Waals surface area contributed by atoms with E-state index in [1.54, 1.807) is 5.57 Å². The van der Waals surface area contributed by atoms with Gasteiger partial charge in [-0.15, -0.1) is 0 Å². The Morgan fingerprint density at radius 2 is 2.35 bits per heavy atom. The molecule has 2 bridgehead atoms. The molecule has 0 aliphatic heterocycles. The molecule has 1 fully saturated rings. The molecule has 0 radical (unpaired) electrons. The summed E-state index contributed by atoms with van der Waals surface area (Å²) in [5.41, 5.74) is 1.73. The number of fused-ring (bicyclic) bond motifs is 2. The summed E-state index contributed by atoms with van der Waals surface area (Å²) in [5.74, 6) is 2.65. The maximum atomic E-state index is 5.26. The van der Waals surface area contributed by atoms with E-state index in [0.29, 0.717) is 12.5 Å². The lowest BCUT2D eigenvalue weighted by Crippen LogP contribution is -2.45. The van der Waals surface area contributed by atoms with Crippen LogP contribution in [0.15, 0.2) is 16.2 Å². The van der Waals surface area contributed by atoms with Crippen molar-refractivity contribution in [2.75, 3.05) is 0 Å². The second-order valence-corrected chi connectivity index (χ2v) is 6.94. The molecule has 2 aliphatic carbocycles. The van der Waals surface area contributed by atoms with Crippen LogP contribution < -0.4 is 5.32 Å². The Bertz CT molecular complexity index is 506. The summed E-state index contributed by atoms with van der Waals surface area (Å²) in [6, 6.07) is 0. The topological polar surface area (TPSA) is 51.0 Å². The van der Waals surface area contributed by atoms with Crippen molar-refractivity contribution in [2.45, 2.75) is 70.9 Å². The van der Waals surface area contributed by atoms with Crippen LogP contribution in [0.5, 0.6) is 0 Å². The van der Waals surface area contributed by atoms with Gasteiger partial charge in [-0.25, -0.2) is 0 Å². The molecule has 2 aliphatic rings. The summed E-state index contributed by atoms with van der Waals surface area (Å²) in [5, 5.41) is 7.69. The molecule has 1 saturated carbocycles. The number of aromatic nitrogens is 2. The van der Waals surface area contributed by atoms with Gasteiger partial charge in [0.1, 0.15) is 0 Å². The summed E-state index contributed by atoms with van der Waals surface area (Å²) in [6.07, 6.45) is 9.03. The van der Waals surface area contributed by atoms with E-state index in [1.807, 2.05) is 0 Å². The molecule has 2 atom stereocenters. The molecule has 1 heterocycles.